The number of ether oxygens (including phenoxy) is 2. The molecule has 6 nitrogen and oxygen atoms in total. The third-order valence-corrected chi connectivity index (χ3v) is 10.4. The molecule has 4 N–H and O–H groups in total. The Morgan fingerprint density at radius 1 is 0.750 bits per heavy atom. The topological polar surface area (TPSA) is 90.5 Å². The Labute approximate surface area is 259 Å². The van der Waals surface area contributed by atoms with E-state index < -0.39 is 11.2 Å². The Morgan fingerprint density at radius 2 is 1.43 bits per heavy atom. The summed E-state index contributed by atoms with van der Waals surface area (Å²) in [6.07, 6.45) is 5.38. The molecule has 0 fully saturated rings. The molecule has 5 aromatic rings. The van der Waals surface area contributed by atoms with Crippen molar-refractivity contribution >= 4 is 21.8 Å². The lowest BCUT2D eigenvalue weighted by molar-refractivity contribution is -0.0910. The van der Waals surface area contributed by atoms with Crippen LogP contribution < -0.4 is 0 Å². The van der Waals surface area contributed by atoms with Crippen molar-refractivity contribution < 1.29 is 19.7 Å². The standard InChI is InChI=1S/C38H44N2O4/c1-3-25-10-8-14-29-30-17-23-43-37(19-21-41,35(30)39-33(25)29)18-16-27-24-44-38(20-22-42,28-12-6-5-7-13-28)36-32(27)31-15-9-11-26(4-2)34(31)40-36/h5-15,27,39-42H,3-4,16-24H2,1-2H3/t27?,37-,38?/m1/s1. The third-order valence-electron chi connectivity index (χ3n) is 10.4. The average Bonchev–Trinajstić information content (AvgIpc) is 3.66. The van der Waals surface area contributed by atoms with E-state index in [2.05, 4.69) is 72.3 Å². The van der Waals surface area contributed by atoms with E-state index in [1.807, 2.05) is 18.2 Å². The summed E-state index contributed by atoms with van der Waals surface area (Å²) in [6, 6.07) is 23.5. The number of para-hydroxylation sites is 2. The molecule has 2 aromatic heterocycles. The first kappa shape index (κ1) is 29.3. The fourth-order valence-corrected chi connectivity index (χ4v) is 8.20. The summed E-state index contributed by atoms with van der Waals surface area (Å²) in [6.45, 7) is 5.66. The summed E-state index contributed by atoms with van der Waals surface area (Å²) in [5.41, 5.74) is 9.49. The highest BCUT2D eigenvalue weighted by molar-refractivity contribution is 5.89. The summed E-state index contributed by atoms with van der Waals surface area (Å²) < 4.78 is 13.6. The van der Waals surface area contributed by atoms with Crippen molar-refractivity contribution in [3.8, 4) is 0 Å². The van der Waals surface area contributed by atoms with Crippen LogP contribution in [0.25, 0.3) is 21.8 Å². The molecule has 0 saturated heterocycles. The van der Waals surface area contributed by atoms with Crippen molar-refractivity contribution in [3.63, 3.8) is 0 Å². The molecule has 44 heavy (non-hydrogen) atoms. The van der Waals surface area contributed by atoms with Crippen LogP contribution in [0.15, 0.2) is 66.7 Å². The lowest BCUT2D eigenvalue weighted by Crippen LogP contribution is -2.41. The first-order valence-corrected chi connectivity index (χ1v) is 16.4. The zero-order valence-corrected chi connectivity index (χ0v) is 25.9. The Morgan fingerprint density at radius 3 is 2.14 bits per heavy atom. The number of H-pyrrole nitrogens is 2. The second-order valence-corrected chi connectivity index (χ2v) is 12.6. The number of aliphatic hydroxyl groups is 2. The second-order valence-electron chi connectivity index (χ2n) is 12.6. The predicted octanol–water partition coefficient (Wildman–Crippen LogP) is 7.14. The Bertz CT molecular complexity index is 1770. The molecule has 7 rings (SSSR count). The Hall–Kier alpha value is -3.42. The molecule has 4 heterocycles. The normalized spacial score (nSPS) is 23.2. The van der Waals surface area contributed by atoms with Crippen LogP contribution in [0.3, 0.4) is 0 Å². The minimum Gasteiger partial charge on any atom is -0.396 e. The smallest absolute Gasteiger partial charge is 0.135 e. The number of fused-ring (bicyclic) bond motifs is 6. The number of aromatic nitrogens is 2. The molecule has 6 heteroatoms. The van der Waals surface area contributed by atoms with Gasteiger partial charge in [0.1, 0.15) is 11.2 Å². The van der Waals surface area contributed by atoms with Crippen LogP contribution in [0.2, 0.25) is 0 Å². The maximum atomic E-state index is 10.4. The van der Waals surface area contributed by atoms with Crippen molar-refractivity contribution in [3.05, 3.63) is 106 Å². The van der Waals surface area contributed by atoms with Gasteiger partial charge in [-0.15, -0.1) is 0 Å². The monoisotopic (exact) mass is 592 g/mol. The van der Waals surface area contributed by atoms with E-state index in [1.165, 1.54) is 38.5 Å². The van der Waals surface area contributed by atoms with Gasteiger partial charge in [0.25, 0.3) is 0 Å². The number of aryl methyl sites for hydroxylation is 2. The molecule has 0 saturated carbocycles. The summed E-state index contributed by atoms with van der Waals surface area (Å²) in [7, 11) is 0. The summed E-state index contributed by atoms with van der Waals surface area (Å²) in [5, 5.41) is 23.2. The summed E-state index contributed by atoms with van der Waals surface area (Å²) in [4.78, 5) is 7.65. The molecule has 2 aliphatic heterocycles. The fourth-order valence-electron chi connectivity index (χ4n) is 8.20. The van der Waals surface area contributed by atoms with Gasteiger partial charge in [-0.2, -0.15) is 0 Å². The molecule has 0 spiro atoms. The molecule has 2 unspecified atom stereocenters. The summed E-state index contributed by atoms with van der Waals surface area (Å²) >= 11 is 0. The van der Waals surface area contributed by atoms with E-state index in [-0.39, 0.29) is 19.1 Å². The van der Waals surface area contributed by atoms with E-state index in [0.29, 0.717) is 26.1 Å². The van der Waals surface area contributed by atoms with Crippen LogP contribution in [0, 0.1) is 0 Å². The number of hydrogen-bond acceptors (Lipinski definition) is 4. The molecule has 3 aromatic carbocycles. The van der Waals surface area contributed by atoms with Gasteiger partial charge in [0.15, 0.2) is 0 Å². The van der Waals surface area contributed by atoms with E-state index in [4.69, 9.17) is 9.47 Å². The highest BCUT2D eigenvalue weighted by Crippen LogP contribution is 2.51. The predicted molar refractivity (Wildman–Crippen MR) is 175 cm³/mol. The maximum absolute atomic E-state index is 10.4. The molecule has 0 bridgehead atoms. The van der Waals surface area contributed by atoms with Gasteiger partial charge >= 0.3 is 0 Å². The number of aromatic amines is 2. The highest BCUT2D eigenvalue weighted by Gasteiger charge is 2.46. The van der Waals surface area contributed by atoms with Gasteiger partial charge in [-0.1, -0.05) is 80.6 Å². The van der Waals surface area contributed by atoms with Gasteiger partial charge in [0, 0.05) is 53.8 Å². The lowest BCUT2D eigenvalue weighted by atomic mass is 9.76. The van der Waals surface area contributed by atoms with Gasteiger partial charge in [-0.05, 0) is 59.9 Å². The van der Waals surface area contributed by atoms with Crippen molar-refractivity contribution in [2.24, 2.45) is 0 Å². The van der Waals surface area contributed by atoms with Crippen LogP contribution in [-0.2, 0) is 39.9 Å². The molecular formula is C38H44N2O4. The maximum Gasteiger partial charge on any atom is 0.135 e. The number of hydrogen-bond donors (Lipinski definition) is 4. The average molecular weight is 593 g/mol. The van der Waals surface area contributed by atoms with Crippen molar-refractivity contribution in [1.29, 1.82) is 0 Å². The van der Waals surface area contributed by atoms with E-state index >= 15 is 0 Å². The highest BCUT2D eigenvalue weighted by atomic mass is 16.5. The van der Waals surface area contributed by atoms with Gasteiger partial charge in [0.05, 0.1) is 24.6 Å². The molecular weight excluding hydrogens is 548 g/mol. The quantitative estimate of drug-likeness (QED) is 0.139. The number of benzene rings is 3. The van der Waals surface area contributed by atoms with Crippen molar-refractivity contribution in [2.45, 2.75) is 75.9 Å². The van der Waals surface area contributed by atoms with Crippen LogP contribution in [0.5, 0.6) is 0 Å². The van der Waals surface area contributed by atoms with Crippen LogP contribution >= 0.6 is 0 Å². The van der Waals surface area contributed by atoms with E-state index in [9.17, 15) is 10.2 Å². The van der Waals surface area contributed by atoms with Crippen molar-refractivity contribution in [1.82, 2.24) is 9.97 Å². The van der Waals surface area contributed by atoms with Crippen LogP contribution in [0.1, 0.15) is 84.7 Å². The van der Waals surface area contributed by atoms with Crippen LogP contribution in [-0.4, -0.2) is 46.6 Å². The SMILES string of the molecule is CCc1cccc2c3c([nH]c12)[C@](CCO)(CCC1COC(CCO)(c2ccccc2)c2[nH]c4c(CC)cccc4c21)OCC3. The van der Waals surface area contributed by atoms with Gasteiger partial charge in [-0.3, -0.25) is 0 Å². The van der Waals surface area contributed by atoms with Crippen LogP contribution in [0.4, 0.5) is 0 Å². The zero-order chi connectivity index (χ0) is 30.3. The minimum absolute atomic E-state index is 0.0192. The Kier molecular flexibility index (Phi) is 7.87. The van der Waals surface area contributed by atoms with E-state index in [0.717, 1.165) is 54.6 Å². The minimum atomic E-state index is -0.753. The Balaban J connectivity index is 1.33. The molecule has 0 amide bonds. The fraction of sp³-hybridized carbons (Fsp3) is 0.421. The first-order chi connectivity index (χ1) is 21.6. The number of aliphatic hydroxyl groups excluding tert-OH is 2. The largest absolute Gasteiger partial charge is 0.396 e. The molecule has 3 atom stereocenters. The molecule has 0 aliphatic carbocycles. The number of nitrogens with one attached hydrogen (secondary N) is 2. The van der Waals surface area contributed by atoms with Crippen molar-refractivity contribution in [2.75, 3.05) is 26.4 Å². The van der Waals surface area contributed by atoms with Gasteiger partial charge in [-0.25, -0.2) is 0 Å². The third kappa shape index (κ3) is 4.54. The van der Waals surface area contributed by atoms with Gasteiger partial charge in [0.2, 0.25) is 0 Å². The molecule has 230 valence electrons. The number of rotatable bonds is 10. The summed E-state index contributed by atoms with van der Waals surface area (Å²) in [5.74, 6) is 0.126. The van der Waals surface area contributed by atoms with E-state index in [1.54, 1.807) is 0 Å². The lowest BCUT2D eigenvalue weighted by Gasteiger charge is -2.42. The first-order valence-electron chi connectivity index (χ1n) is 16.4. The molecule has 2 aliphatic rings. The van der Waals surface area contributed by atoms with Gasteiger partial charge < -0.3 is 29.7 Å². The second kappa shape index (κ2) is 11.8. The zero-order valence-electron chi connectivity index (χ0n) is 25.9. The molecule has 0 radical (unpaired) electrons.